The van der Waals surface area contributed by atoms with Crippen molar-refractivity contribution in [1.82, 2.24) is 14.7 Å². The highest BCUT2D eigenvalue weighted by Crippen LogP contribution is 2.40. The summed E-state index contributed by atoms with van der Waals surface area (Å²) in [5, 5.41) is 3.01. The number of anilines is 4. The lowest BCUT2D eigenvalue weighted by Crippen LogP contribution is -2.46. The first kappa shape index (κ1) is 26.9. The van der Waals surface area contributed by atoms with Crippen molar-refractivity contribution in [1.29, 1.82) is 0 Å². The zero-order chi connectivity index (χ0) is 27.7. The van der Waals surface area contributed by atoms with Crippen LogP contribution in [0, 0.1) is 17.6 Å². The predicted molar refractivity (Wildman–Crippen MR) is 141 cm³/mol. The van der Waals surface area contributed by atoms with E-state index < -0.39 is 33.6 Å². The molecule has 2 aromatic carbocycles. The fourth-order valence-electron chi connectivity index (χ4n) is 4.71. The van der Waals surface area contributed by atoms with Gasteiger partial charge in [0, 0.05) is 39.5 Å². The van der Waals surface area contributed by atoms with E-state index >= 15 is 0 Å². The summed E-state index contributed by atoms with van der Waals surface area (Å²) >= 11 is 0. The van der Waals surface area contributed by atoms with Crippen LogP contribution in [0.25, 0.3) is 0 Å². The number of fused-ring (bicyclic) bond motifs is 1. The van der Waals surface area contributed by atoms with E-state index in [1.807, 2.05) is 0 Å². The van der Waals surface area contributed by atoms with Crippen molar-refractivity contribution >= 4 is 39.1 Å². The second-order valence-electron chi connectivity index (χ2n) is 9.51. The molecule has 0 saturated carbocycles. The fourth-order valence-corrected chi connectivity index (χ4v) is 5.83. The van der Waals surface area contributed by atoms with Gasteiger partial charge in [0.15, 0.2) is 5.82 Å². The Balaban J connectivity index is 1.34. The van der Waals surface area contributed by atoms with Crippen molar-refractivity contribution in [3.63, 3.8) is 0 Å². The van der Waals surface area contributed by atoms with Gasteiger partial charge in [-0.15, -0.1) is 0 Å². The molecule has 39 heavy (non-hydrogen) atoms. The number of ether oxygens (including phenoxy) is 1. The molecule has 5 rings (SSSR count). The molecule has 0 radical (unpaired) electrons. The van der Waals surface area contributed by atoms with E-state index in [1.54, 1.807) is 12.1 Å². The number of rotatable bonds is 7. The molecule has 2 N–H and O–H groups in total. The summed E-state index contributed by atoms with van der Waals surface area (Å²) in [6.07, 6.45) is 3.08. The Morgan fingerprint density at radius 3 is 2.38 bits per heavy atom. The lowest BCUT2D eigenvalue weighted by molar-refractivity contribution is -0.120. The van der Waals surface area contributed by atoms with Crippen LogP contribution in [-0.2, 0) is 19.6 Å². The van der Waals surface area contributed by atoms with Gasteiger partial charge in [-0.2, -0.15) is 4.98 Å². The zero-order valence-electron chi connectivity index (χ0n) is 21.4. The SMILES string of the molecule is CN1C(=O)C(c2c(F)cccc2F)N(C)c2nc(Nc3ccc(S(=O)(=O)NCC4CCOCC4)cc3)ncc21. The van der Waals surface area contributed by atoms with Crippen LogP contribution in [0.4, 0.5) is 31.9 Å². The van der Waals surface area contributed by atoms with Crippen LogP contribution in [0.15, 0.2) is 53.6 Å². The van der Waals surface area contributed by atoms with Gasteiger partial charge in [0.1, 0.15) is 23.4 Å². The molecule has 0 aliphatic carbocycles. The lowest BCUT2D eigenvalue weighted by atomic mass is 10.0. The van der Waals surface area contributed by atoms with Crippen molar-refractivity contribution < 1.29 is 26.7 Å². The number of carbonyl (C=O) groups is 1. The van der Waals surface area contributed by atoms with Gasteiger partial charge in [-0.3, -0.25) is 4.79 Å². The van der Waals surface area contributed by atoms with Crippen LogP contribution in [0.5, 0.6) is 0 Å². The molecule has 3 aromatic rings. The number of nitrogens with one attached hydrogen (secondary N) is 2. The minimum absolute atomic E-state index is 0.126. The average Bonchev–Trinajstić information content (AvgIpc) is 2.93. The number of hydrogen-bond acceptors (Lipinski definition) is 8. The Hall–Kier alpha value is -3.68. The largest absolute Gasteiger partial charge is 0.381 e. The average molecular weight is 559 g/mol. The molecule has 0 bridgehead atoms. The van der Waals surface area contributed by atoms with Gasteiger partial charge in [-0.05, 0) is 55.2 Å². The maximum atomic E-state index is 14.6. The number of hydrogen-bond donors (Lipinski definition) is 2. The molecule has 1 aromatic heterocycles. The van der Waals surface area contributed by atoms with Gasteiger partial charge in [0.2, 0.25) is 16.0 Å². The normalized spacial score (nSPS) is 18.3. The molecular formula is C26H28F2N6O4S. The summed E-state index contributed by atoms with van der Waals surface area (Å²) in [6, 6.07) is 8.31. The van der Waals surface area contributed by atoms with Crippen LogP contribution in [0.1, 0.15) is 24.4 Å². The summed E-state index contributed by atoms with van der Waals surface area (Å²) in [6.45, 7) is 1.64. The topological polar surface area (TPSA) is 117 Å². The second kappa shape index (κ2) is 10.8. The highest BCUT2D eigenvalue weighted by Gasteiger charge is 2.40. The number of likely N-dealkylation sites (N-methyl/N-ethyl adjacent to an activating group) is 2. The molecule has 1 atom stereocenters. The summed E-state index contributed by atoms with van der Waals surface area (Å²) in [4.78, 5) is 24.6. The van der Waals surface area contributed by atoms with Crippen molar-refractivity contribution in [3.8, 4) is 0 Å². The predicted octanol–water partition coefficient (Wildman–Crippen LogP) is 3.36. The molecule has 206 valence electrons. The first-order chi connectivity index (χ1) is 18.7. The van der Waals surface area contributed by atoms with Gasteiger partial charge >= 0.3 is 0 Å². The Labute approximate surface area is 225 Å². The minimum Gasteiger partial charge on any atom is -0.381 e. The third kappa shape index (κ3) is 5.42. The molecule has 1 saturated heterocycles. The molecule has 1 unspecified atom stereocenters. The number of aromatic nitrogens is 2. The third-order valence-corrected chi connectivity index (χ3v) is 8.43. The van der Waals surface area contributed by atoms with Crippen LogP contribution >= 0.6 is 0 Å². The van der Waals surface area contributed by atoms with Crippen LogP contribution < -0.4 is 19.8 Å². The molecule has 0 spiro atoms. The fraction of sp³-hybridized carbons (Fsp3) is 0.346. The summed E-state index contributed by atoms with van der Waals surface area (Å²) < 4.78 is 62.6. The first-order valence-corrected chi connectivity index (χ1v) is 13.9. The number of carbonyl (C=O) groups excluding carboxylic acids is 1. The summed E-state index contributed by atoms with van der Waals surface area (Å²) in [5.41, 5.74) is 0.536. The van der Waals surface area contributed by atoms with Crippen LogP contribution in [0.3, 0.4) is 0 Å². The van der Waals surface area contributed by atoms with E-state index in [4.69, 9.17) is 4.74 Å². The minimum atomic E-state index is -3.67. The highest BCUT2D eigenvalue weighted by molar-refractivity contribution is 7.89. The third-order valence-electron chi connectivity index (χ3n) is 6.99. The molecular weight excluding hydrogens is 530 g/mol. The number of amides is 1. The van der Waals surface area contributed by atoms with Gasteiger partial charge in [0.25, 0.3) is 5.91 Å². The molecule has 10 nitrogen and oxygen atoms in total. The van der Waals surface area contributed by atoms with Gasteiger partial charge in [-0.25, -0.2) is 26.9 Å². The van der Waals surface area contributed by atoms with Crippen molar-refractivity contribution in [3.05, 3.63) is 65.9 Å². The van der Waals surface area contributed by atoms with Crippen molar-refractivity contribution in [2.24, 2.45) is 5.92 Å². The van der Waals surface area contributed by atoms with Crippen molar-refractivity contribution in [2.45, 2.75) is 23.8 Å². The molecule has 1 fully saturated rings. The van der Waals surface area contributed by atoms with Crippen LogP contribution in [0.2, 0.25) is 0 Å². The van der Waals surface area contributed by atoms with Gasteiger partial charge in [0.05, 0.1) is 16.7 Å². The zero-order valence-corrected chi connectivity index (χ0v) is 22.2. The second-order valence-corrected chi connectivity index (χ2v) is 11.3. The number of halogens is 2. The monoisotopic (exact) mass is 558 g/mol. The molecule has 2 aliphatic heterocycles. The molecule has 1 amide bonds. The molecule has 2 aliphatic rings. The Bertz CT molecular complexity index is 1460. The van der Waals surface area contributed by atoms with E-state index in [9.17, 15) is 22.0 Å². The van der Waals surface area contributed by atoms with Crippen molar-refractivity contribution in [2.75, 3.05) is 49.0 Å². The summed E-state index contributed by atoms with van der Waals surface area (Å²) in [7, 11) is -0.651. The Morgan fingerprint density at radius 1 is 1.05 bits per heavy atom. The Morgan fingerprint density at radius 2 is 1.72 bits per heavy atom. The summed E-state index contributed by atoms with van der Waals surface area (Å²) in [5.74, 6) is -1.50. The maximum absolute atomic E-state index is 14.6. The van der Waals surface area contributed by atoms with E-state index in [2.05, 4.69) is 20.0 Å². The van der Waals surface area contributed by atoms with Gasteiger partial charge in [-0.1, -0.05) is 6.07 Å². The number of benzene rings is 2. The molecule has 3 heterocycles. The molecule has 13 heteroatoms. The number of nitrogens with zero attached hydrogens (tertiary/aromatic N) is 4. The first-order valence-electron chi connectivity index (χ1n) is 12.4. The lowest BCUT2D eigenvalue weighted by Gasteiger charge is -2.38. The number of sulfonamides is 1. The van der Waals surface area contributed by atoms with Gasteiger partial charge < -0.3 is 19.9 Å². The van der Waals surface area contributed by atoms with E-state index in [1.165, 1.54) is 48.3 Å². The smallest absolute Gasteiger partial charge is 0.254 e. The van der Waals surface area contributed by atoms with Crippen LogP contribution in [-0.4, -0.2) is 58.1 Å². The Kier molecular flexibility index (Phi) is 7.47. The van der Waals surface area contributed by atoms with E-state index in [-0.39, 0.29) is 22.3 Å². The maximum Gasteiger partial charge on any atom is 0.254 e. The highest BCUT2D eigenvalue weighted by atomic mass is 32.2. The quantitative estimate of drug-likeness (QED) is 0.454. The van der Waals surface area contributed by atoms with E-state index in [0.29, 0.717) is 37.0 Å². The standard InChI is InChI=1S/C26H28F2N6O4S/c1-33-21-15-29-26(32-24(21)34(2)23(25(33)35)22-19(27)4-3-5-20(22)28)31-17-6-8-18(9-7-17)39(36,37)30-14-16-10-12-38-13-11-16/h3-9,15-16,23,30H,10-14H2,1-2H3,(H,29,31,32). The van der Waals surface area contributed by atoms with E-state index in [0.717, 1.165) is 25.0 Å².